The third kappa shape index (κ3) is 3.15. The van der Waals surface area contributed by atoms with Crippen molar-refractivity contribution in [2.45, 2.75) is 12.7 Å². The summed E-state index contributed by atoms with van der Waals surface area (Å²) in [6.45, 7) is 0.344. The number of halogens is 3. The summed E-state index contributed by atoms with van der Waals surface area (Å²) in [5.74, 6) is 0. The number of nitrogens with zero attached hydrogens (tertiary/aromatic N) is 1. The number of alkyl halides is 3. The summed E-state index contributed by atoms with van der Waals surface area (Å²) in [7, 11) is 0. The van der Waals surface area contributed by atoms with Crippen LogP contribution in [-0.4, -0.2) is 9.97 Å². The topological polar surface area (TPSA) is 57.8 Å². The Labute approximate surface area is 149 Å². The van der Waals surface area contributed by atoms with E-state index in [0.717, 1.165) is 28.6 Å². The minimum Gasteiger partial charge on any atom is -0.357 e. The minimum atomic E-state index is -4.39. The molecule has 2 N–H and O–H groups in total. The largest absolute Gasteiger partial charge is 0.416 e. The SMILES string of the molecule is O=c1cc(CNc2nc3cc(C(F)(F)F)ccc3s2)c2ccccc2[nH]1. The quantitative estimate of drug-likeness (QED) is 0.542. The summed E-state index contributed by atoms with van der Waals surface area (Å²) in [5.41, 5.74) is 0.889. The van der Waals surface area contributed by atoms with E-state index in [1.807, 2.05) is 24.3 Å². The normalized spacial score (nSPS) is 12.0. The molecule has 2 heterocycles. The number of thiazole rings is 1. The van der Waals surface area contributed by atoms with Crippen molar-refractivity contribution in [3.8, 4) is 0 Å². The van der Waals surface area contributed by atoms with E-state index in [-0.39, 0.29) is 5.56 Å². The summed E-state index contributed by atoms with van der Waals surface area (Å²) < 4.78 is 39.1. The lowest BCUT2D eigenvalue weighted by atomic mass is 10.1. The van der Waals surface area contributed by atoms with Crippen molar-refractivity contribution in [2.75, 3.05) is 5.32 Å². The van der Waals surface area contributed by atoms with E-state index in [1.54, 1.807) is 0 Å². The molecule has 0 spiro atoms. The molecule has 4 rings (SSSR count). The number of benzene rings is 2. The van der Waals surface area contributed by atoms with E-state index in [2.05, 4.69) is 15.3 Å². The van der Waals surface area contributed by atoms with Gasteiger partial charge < -0.3 is 10.3 Å². The molecule has 0 unspecified atom stereocenters. The molecule has 0 atom stereocenters. The van der Waals surface area contributed by atoms with Crippen molar-refractivity contribution in [3.05, 3.63) is 70.0 Å². The van der Waals surface area contributed by atoms with E-state index in [0.29, 0.717) is 21.9 Å². The number of nitrogens with one attached hydrogen (secondary N) is 2. The second-order valence-corrected chi connectivity index (χ2v) is 6.79. The predicted octanol–water partition coefficient (Wildman–Crippen LogP) is 4.77. The Morgan fingerprint density at radius 3 is 2.73 bits per heavy atom. The van der Waals surface area contributed by atoms with Crippen LogP contribution < -0.4 is 10.9 Å². The lowest BCUT2D eigenvalue weighted by Crippen LogP contribution is -2.09. The fourth-order valence-corrected chi connectivity index (χ4v) is 3.62. The van der Waals surface area contributed by atoms with Gasteiger partial charge in [-0.15, -0.1) is 0 Å². The van der Waals surface area contributed by atoms with Gasteiger partial charge in [0.25, 0.3) is 0 Å². The van der Waals surface area contributed by atoms with Crippen molar-refractivity contribution >= 4 is 37.6 Å². The summed E-state index contributed by atoms with van der Waals surface area (Å²) in [6, 6.07) is 12.4. The van der Waals surface area contributed by atoms with Gasteiger partial charge in [0.05, 0.1) is 15.8 Å². The molecule has 0 bridgehead atoms. The maximum Gasteiger partial charge on any atom is 0.416 e. The molecule has 0 radical (unpaired) electrons. The number of anilines is 1. The number of pyridine rings is 1. The van der Waals surface area contributed by atoms with Crippen molar-refractivity contribution < 1.29 is 13.2 Å². The maximum atomic E-state index is 12.8. The van der Waals surface area contributed by atoms with Crippen molar-refractivity contribution in [1.29, 1.82) is 0 Å². The van der Waals surface area contributed by atoms with Crippen LogP contribution in [0.15, 0.2) is 53.3 Å². The number of aromatic amines is 1. The molecular weight excluding hydrogens is 363 g/mol. The Kier molecular flexibility index (Phi) is 3.91. The standard InChI is InChI=1S/C18H12F3N3OS/c19-18(20,21)11-5-6-15-14(8-11)24-17(26-15)22-9-10-7-16(25)23-13-4-2-1-3-12(10)13/h1-8H,9H2,(H,22,24)(H,23,25). The number of fused-ring (bicyclic) bond motifs is 2. The number of hydrogen-bond donors (Lipinski definition) is 2. The number of aromatic nitrogens is 2. The Hall–Kier alpha value is -2.87. The van der Waals surface area contributed by atoms with E-state index in [4.69, 9.17) is 0 Å². The van der Waals surface area contributed by atoms with Gasteiger partial charge in [-0.05, 0) is 29.8 Å². The monoisotopic (exact) mass is 375 g/mol. The summed E-state index contributed by atoms with van der Waals surface area (Å²) in [6.07, 6.45) is -4.39. The second kappa shape index (κ2) is 6.14. The lowest BCUT2D eigenvalue weighted by Gasteiger charge is -2.06. The smallest absolute Gasteiger partial charge is 0.357 e. The highest BCUT2D eigenvalue weighted by atomic mass is 32.1. The first kappa shape index (κ1) is 16.6. The van der Waals surface area contributed by atoms with Crippen LogP contribution in [0.2, 0.25) is 0 Å². The highest BCUT2D eigenvalue weighted by Crippen LogP contribution is 2.34. The molecule has 8 heteroatoms. The lowest BCUT2D eigenvalue weighted by molar-refractivity contribution is -0.137. The second-order valence-electron chi connectivity index (χ2n) is 5.76. The first-order valence-electron chi connectivity index (χ1n) is 7.73. The van der Waals surface area contributed by atoms with Crippen LogP contribution in [0.1, 0.15) is 11.1 Å². The van der Waals surface area contributed by atoms with Gasteiger partial charge in [-0.3, -0.25) is 4.79 Å². The Morgan fingerprint density at radius 1 is 1.12 bits per heavy atom. The Morgan fingerprint density at radius 2 is 1.92 bits per heavy atom. The van der Waals surface area contributed by atoms with Gasteiger partial charge in [0, 0.05) is 23.5 Å². The number of hydrogen-bond acceptors (Lipinski definition) is 4. The van der Waals surface area contributed by atoms with Crippen LogP contribution >= 0.6 is 11.3 Å². The molecule has 0 aliphatic rings. The van der Waals surface area contributed by atoms with Crippen LogP contribution in [0.3, 0.4) is 0 Å². The van der Waals surface area contributed by atoms with E-state index >= 15 is 0 Å². The third-order valence-electron chi connectivity index (χ3n) is 3.98. The average Bonchev–Trinajstić information content (AvgIpc) is 3.00. The molecule has 0 aliphatic carbocycles. The van der Waals surface area contributed by atoms with Crippen LogP contribution in [0.5, 0.6) is 0 Å². The van der Waals surface area contributed by atoms with Gasteiger partial charge in [-0.1, -0.05) is 29.5 Å². The zero-order chi connectivity index (χ0) is 18.3. The Balaban J connectivity index is 1.63. The van der Waals surface area contributed by atoms with Crippen LogP contribution in [0.4, 0.5) is 18.3 Å². The molecule has 0 saturated heterocycles. The highest BCUT2D eigenvalue weighted by Gasteiger charge is 2.30. The van der Waals surface area contributed by atoms with Gasteiger partial charge in [0.1, 0.15) is 0 Å². The molecule has 0 aliphatic heterocycles. The molecule has 0 amide bonds. The number of rotatable bonds is 3. The van der Waals surface area contributed by atoms with E-state index in [1.165, 1.54) is 23.5 Å². The van der Waals surface area contributed by atoms with Crippen molar-refractivity contribution in [2.24, 2.45) is 0 Å². The zero-order valence-electron chi connectivity index (χ0n) is 13.2. The van der Waals surface area contributed by atoms with E-state index < -0.39 is 11.7 Å². The fourth-order valence-electron chi connectivity index (χ4n) is 2.77. The first-order chi connectivity index (χ1) is 12.4. The first-order valence-corrected chi connectivity index (χ1v) is 8.54. The van der Waals surface area contributed by atoms with Gasteiger partial charge in [-0.2, -0.15) is 13.2 Å². The molecule has 2 aromatic carbocycles. The zero-order valence-corrected chi connectivity index (χ0v) is 14.0. The maximum absolute atomic E-state index is 12.8. The van der Waals surface area contributed by atoms with Crippen LogP contribution in [-0.2, 0) is 12.7 Å². The van der Waals surface area contributed by atoms with Gasteiger partial charge in [0.15, 0.2) is 5.13 Å². The van der Waals surface area contributed by atoms with Crippen molar-refractivity contribution in [3.63, 3.8) is 0 Å². The minimum absolute atomic E-state index is 0.209. The fraction of sp³-hybridized carbons (Fsp3) is 0.111. The molecule has 2 aromatic heterocycles. The van der Waals surface area contributed by atoms with Gasteiger partial charge >= 0.3 is 6.18 Å². The van der Waals surface area contributed by atoms with Crippen molar-refractivity contribution in [1.82, 2.24) is 9.97 Å². The molecule has 4 aromatic rings. The van der Waals surface area contributed by atoms with Crippen LogP contribution in [0.25, 0.3) is 21.1 Å². The Bertz CT molecular complexity index is 1160. The third-order valence-corrected chi connectivity index (χ3v) is 4.98. The van der Waals surface area contributed by atoms with Gasteiger partial charge in [0.2, 0.25) is 5.56 Å². The summed E-state index contributed by atoms with van der Waals surface area (Å²) in [4.78, 5) is 18.8. The molecule has 132 valence electrons. The predicted molar refractivity (Wildman–Crippen MR) is 96.5 cm³/mol. The average molecular weight is 375 g/mol. The molecule has 26 heavy (non-hydrogen) atoms. The molecule has 0 fully saturated rings. The number of H-pyrrole nitrogens is 1. The van der Waals surface area contributed by atoms with E-state index in [9.17, 15) is 18.0 Å². The highest BCUT2D eigenvalue weighted by molar-refractivity contribution is 7.22. The molecular formula is C18H12F3N3OS. The molecule has 0 saturated carbocycles. The van der Waals surface area contributed by atoms with Crippen LogP contribution in [0, 0.1) is 0 Å². The molecule has 4 nitrogen and oxygen atoms in total. The summed E-state index contributed by atoms with van der Waals surface area (Å²) >= 11 is 1.27. The summed E-state index contributed by atoms with van der Waals surface area (Å²) in [5, 5.41) is 4.51. The van der Waals surface area contributed by atoms with Gasteiger partial charge in [-0.25, -0.2) is 4.98 Å². The number of para-hydroxylation sites is 1.